The van der Waals surface area contributed by atoms with Gasteiger partial charge < -0.3 is 4.74 Å². The molecule has 6 heteroatoms. The highest BCUT2D eigenvalue weighted by Crippen LogP contribution is 2.39. The van der Waals surface area contributed by atoms with Crippen molar-refractivity contribution >= 4 is 5.78 Å². The van der Waals surface area contributed by atoms with Gasteiger partial charge in [-0.3, -0.25) is 4.79 Å². The van der Waals surface area contributed by atoms with Crippen LogP contribution in [0.25, 0.3) is 11.1 Å². The molecule has 0 saturated heterocycles. The van der Waals surface area contributed by atoms with Crippen molar-refractivity contribution in [3.8, 4) is 16.9 Å². The van der Waals surface area contributed by atoms with Crippen molar-refractivity contribution in [2.24, 2.45) is 11.8 Å². The molecule has 0 radical (unpaired) electrons. The van der Waals surface area contributed by atoms with Crippen molar-refractivity contribution in [3.63, 3.8) is 0 Å². The van der Waals surface area contributed by atoms with Gasteiger partial charge in [-0.1, -0.05) is 43.2 Å². The fourth-order valence-electron chi connectivity index (χ4n) is 5.23. The zero-order valence-corrected chi connectivity index (χ0v) is 18.0. The number of ketones is 1. The van der Waals surface area contributed by atoms with Gasteiger partial charge in [-0.15, -0.1) is 13.2 Å². The number of ether oxygens (including phenoxy) is 1. The molecule has 0 heterocycles. The summed E-state index contributed by atoms with van der Waals surface area (Å²) >= 11 is 0. The number of benzene rings is 2. The van der Waals surface area contributed by atoms with Gasteiger partial charge in [0, 0.05) is 12.3 Å². The minimum Gasteiger partial charge on any atom is -0.403 e. The molecule has 2 aliphatic carbocycles. The molecule has 0 spiro atoms. The maximum absolute atomic E-state index is 14.0. The highest BCUT2D eigenvalue weighted by atomic mass is 19.4. The molecule has 2 saturated carbocycles. The Bertz CT molecular complexity index is 922. The highest BCUT2D eigenvalue weighted by Gasteiger charge is 2.32. The lowest BCUT2D eigenvalue weighted by Crippen LogP contribution is -2.20. The van der Waals surface area contributed by atoms with E-state index < -0.39 is 17.9 Å². The Morgan fingerprint density at radius 2 is 1.50 bits per heavy atom. The van der Waals surface area contributed by atoms with Crippen molar-refractivity contribution in [2.75, 3.05) is 0 Å². The fraction of sp³-hybridized carbons (Fsp3) is 0.500. The Morgan fingerprint density at radius 3 is 2.09 bits per heavy atom. The largest absolute Gasteiger partial charge is 0.573 e. The number of Topliss-reactive ketones (excluding diaryl/α,β-unsaturated/α-hetero) is 1. The first-order chi connectivity index (χ1) is 15.3. The van der Waals surface area contributed by atoms with Gasteiger partial charge in [-0.25, -0.2) is 4.39 Å². The highest BCUT2D eigenvalue weighted by molar-refractivity contribution is 5.81. The molecule has 0 atom stereocenters. The molecule has 0 N–H and O–H groups in total. The Morgan fingerprint density at radius 1 is 0.875 bits per heavy atom. The normalized spacial score (nSPS) is 22.1. The molecule has 0 aromatic heterocycles. The van der Waals surface area contributed by atoms with Gasteiger partial charge >= 0.3 is 6.36 Å². The number of carbonyl (C=O) groups is 1. The van der Waals surface area contributed by atoms with Crippen LogP contribution in [0.2, 0.25) is 0 Å². The molecule has 0 bridgehead atoms. The Kier molecular flexibility index (Phi) is 6.87. The van der Waals surface area contributed by atoms with Crippen molar-refractivity contribution in [1.82, 2.24) is 0 Å². The van der Waals surface area contributed by atoms with Crippen LogP contribution in [0.3, 0.4) is 0 Å². The van der Waals surface area contributed by atoms with Crippen molar-refractivity contribution < 1.29 is 27.1 Å². The molecule has 2 aliphatic rings. The maximum atomic E-state index is 14.0. The third-order valence-electron chi connectivity index (χ3n) is 7.02. The number of carbonyl (C=O) groups excluding carboxylic acids is 1. The van der Waals surface area contributed by atoms with E-state index in [1.54, 1.807) is 0 Å². The van der Waals surface area contributed by atoms with E-state index in [9.17, 15) is 22.4 Å². The minimum atomic E-state index is -4.92. The van der Waals surface area contributed by atoms with Gasteiger partial charge in [-0.05, 0) is 79.2 Å². The van der Waals surface area contributed by atoms with Crippen LogP contribution >= 0.6 is 0 Å². The van der Waals surface area contributed by atoms with Crippen LogP contribution in [0.5, 0.6) is 5.75 Å². The van der Waals surface area contributed by atoms with Crippen molar-refractivity contribution in [1.29, 1.82) is 0 Å². The molecule has 2 aromatic rings. The first-order valence-corrected chi connectivity index (χ1v) is 11.5. The van der Waals surface area contributed by atoms with E-state index in [2.05, 4.69) is 4.74 Å². The number of halogens is 4. The quantitative estimate of drug-likeness (QED) is 0.421. The third kappa shape index (κ3) is 5.70. The minimum absolute atomic E-state index is 0.305. The number of hydrogen-bond acceptors (Lipinski definition) is 2. The summed E-state index contributed by atoms with van der Waals surface area (Å²) in [6.45, 7) is 0. The van der Waals surface area contributed by atoms with E-state index in [1.165, 1.54) is 24.5 Å². The lowest BCUT2D eigenvalue weighted by Gasteiger charge is -2.29. The zero-order chi connectivity index (χ0) is 22.7. The van der Waals surface area contributed by atoms with E-state index in [0.29, 0.717) is 29.1 Å². The molecular weight excluding hydrogens is 420 g/mol. The van der Waals surface area contributed by atoms with Gasteiger partial charge in [0.25, 0.3) is 0 Å². The average Bonchev–Trinajstić information content (AvgIpc) is 3.30. The molecule has 32 heavy (non-hydrogen) atoms. The SMILES string of the molecule is O=C(CC1CCC(c2ccc(-c3ccc(OC(F)(F)F)c(F)c3)cc2)CC1)C1CCCC1. The third-order valence-corrected chi connectivity index (χ3v) is 7.02. The summed E-state index contributed by atoms with van der Waals surface area (Å²) in [5, 5.41) is 0. The van der Waals surface area contributed by atoms with Crippen LogP contribution in [0.1, 0.15) is 69.3 Å². The predicted octanol–water partition coefficient (Wildman–Crippen LogP) is 7.81. The van der Waals surface area contributed by atoms with Crippen molar-refractivity contribution in [2.45, 2.75) is 70.1 Å². The van der Waals surface area contributed by atoms with Gasteiger partial charge in [0.15, 0.2) is 11.6 Å². The summed E-state index contributed by atoms with van der Waals surface area (Å²) < 4.78 is 54.7. The Labute approximate surface area is 186 Å². The molecule has 2 aromatic carbocycles. The summed E-state index contributed by atoms with van der Waals surface area (Å²) in [5.74, 6) is -0.163. The van der Waals surface area contributed by atoms with Crippen LogP contribution in [0, 0.1) is 17.7 Å². The average molecular weight is 449 g/mol. The second-order valence-corrected chi connectivity index (χ2v) is 9.18. The molecule has 2 nitrogen and oxygen atoms in total. The van der Waals surface area contributed by atoms with E-state index in [-0.39, 0.29) is 0 Å². The molecule has 4 rings (SSSR count). The molecular formula is C26H28F4O2. The number of alkyl halides is 3. The van der Waals surface area contributed by atoms with Crippen LogP contribution < -0.4 is 4.74 Å². The van der Waals surface area contributed by atoms with E-state index in [0.717, 1.165) is 62.6 Å². The van der Waals surface area contributed by atoms with E-state index >= 15 is 0 Å². The van der Waals surface area contributed by atoms with Gasteiger partial charge in [0.2, 0.25) is 0 Å². The lowest BCUT2D eigenvalue weighted by atomic mass is 9.76. The fourth-order valence-corrected chi connectivity index (χ4v) is 5.23. The lowest BCUT2D eigenvalue weighted by molar-refractivity contribution is -0.275. The molecule has 2 fully saturated rings. The zero-order valence-electron chi connectivity index (χ0n) is 18.0. The monoisotopic (exact) mass is 448 g/mol. The first kappa shape index (κ1) is 22.8. The second kappa shape index (κ2) is 9.63. The molecule has 0 unspecified atom stereocenters. The van der Waals surface area contributed by atoms with E-state index in [1.807, 2.05) is 24.3 Å². The first-order valence-electron chi connectivity index (χ1n) is 11.5. The Balaban J connectivity index is 1.33. The molecule has 0 amide bonds. The standard InChI is InChI=1S/C26H28F4O2/c27-23-16-22(13-14-25(23)32-26(28,29)30)20-11-9-19(10-12-20)18-7-5-17(6-8-18)15-24(31)21-3-1-2-4-21/h9-14,16-18,21H,1-8,15H2. The van der Waals surface area contributed by atoms with Gasteiger partial charge in [0.1, 0.15) is 5.78 Å². The van der Waals surface area contributed by atoms with Crippen molar-refractivity contribution in [3.05, 3.63) is 53.8 Å². The maximum Gasteiger partial charge on any atom is 0.573 e. The summed E-state index contributed by atoms with van der Waals surface area (Å²) in [4.78, 5) is 12.5. The van der Waals surface area contributed by atoms with Crippen LogP contribution in [-0.2, 0) is 4.79 Å². The van der Waals surface area contributed by atoms with Crippen LogP contribution in [0.15, 0.2) is 42.5 Å². The van der Waals surface area contributed by atoms with Crippen LogP contribution in [0.4, 0.5) is 17.6 Å². The number of rotatable bonds is 6. The number of hydrogen-bond donors (Lipinski definition) is 0. The second-order valence-electron chi connectivity index (χ2n) is 9.18. The van der Waals surface area contributed by atoms with E-state index in [4.69, 9.17) is 0 Å². The summed E-state index contributed by atoms with van der Waals surface area (Å²) in [6.07, 6.45) is 4.58. The molecule has 0 aliphatic heterocycles. The summed E-state index contributed by atoms with van der Waals surface area (Å²) in [7, 11) is 0. The summed E-state index contributed by atoms with van der Waals surface area (Å²) in [6, 6.07) is 11.3. The van der Waals surface area contributed by atoms with Crippen LogP contribution in [-0.4, -0.2) is 12.1 Å². The van der Waals surface area contributed by atoms with Gasteiger partial charge in [-0.2, -0.15) is 0 Å². The topological polar surface area (TPSA) is 26.3 Å². The predicted molar refractivity (Wildman–Crippen MR) is 115 cm³/mol. The Hall–Kier alpha value is -2.37. The molecule has 172 valence electrons. The summed E-state index contributed by atoms with van der Waals surface area (Å²) in [5.41, 5.74) is 2.45. The van der Waals surface area contributed by atoms with Gasteiger partial charge in [0.05, 0.1) is 0 Å². The smallest absolute Gasteiger partial charge is 0.403 e.